The number of non-ortho nitro benzene ring substituents is 1. The van der Waals surface area contributed by atoms with Crippen LogP contribution in [0.1, 0.15) is 40.2 Å². The summed E-state index contributed by atoms with van der Waals surface area (Å²) in [6.45, 7) is 3.85. The molecule has 9 heteroatoms. The Balaban J connectivity index is 1.53. The molecule has 3 heterocycles. The molecule has 8 nitrogen and oxygen atoms in total. The molecule has 0 bridgehead atoms. The first-order chi connectivity index (χ1) is 15.4. The molecule has 0 radical (unpaired) electrons. The van der Waals surface area contributed by atoms with Gasteiger partial charge in [0, 0.05) is 34.0 Å². The Bertz CT molecular complexity index is 1460. The van der Waals surface area contributed by atoms with E-state index in [9.17, 15) is 14.9 Å². The lowest BCUT2D eigenvalue weighted by Crippen LogP contribution is -2.18. The molecular formula is C23H21N5O3S. The Morgan fingerprint density at radius 3 is 2.84 bits per heavy atom. The Labute approximate surface area is 187 Å². The first-order valence-electron chi connectivity index (χ1n) is 10.4. The molecule has 0 atom stereocenters. The van der Waals surface area contributed by atoms with E-state index in [1.54, 1.807) is 29.7 Å². The third-order valence-electron chi connectivity index (χ3n) is 5.95. The van der Waals surface area contributed by atoms with E-state index in [1.165, 1.54) is 21.9 Å². The summed E-state index contributed by atoms with van der Waals surface area (Å²) in [7, 11) is 0. The van der Waals surface area contributed by atoms with Gasteiger partial charge in [0.2, 0.25) is 0 Å². The van der Waals surface area contributed by atoms with E-state index in [0.717, 1.165) is 53.0 Å². The van der Waals surface area contributed by atoms with Crippen molar-refractivity contribution in [3.05, 3.63) is 84.5 Å². The third kappa shape index (κ3) is 3.34. The smallest absolute Gasteiger partial charge is 0.282 e. The van der Waals surface area contributed by atoms with Gasteiger partial charge in [-0.3, -0.25) is 14.9 Å². The van der Waals surface area contributed by atoms with Crippen molar-refractivity contribution in [3.63, 3.8) is 0 Å². The van der Waals surface area contributed by atoms with Gasteiger partial charge in [-0.15, -0.1) is 11.3 Å². The highest BCUT2D eigenvalue weighted by Gasteiger charge is 2.20. The van der Waals surface area contributed by atoms with Gasteiger partial charge in [-0.05, 0) is 57.2 Å². The second-order valence-electron chi connectivity index (χ2n) is 7.97. The van der Waals surface area contributed by atoms with E-state index >= 15 is 0 Å². The number of thiophene rings is 1. The van der Waals surface area contributed by atoms with Gasteiger partial charge in [0.05, 0.1) is 22.2 Å². The van der Waals surface area contributed by atoms with Crippen molar-refractivity contribution in [3.8, 4) is 5.69 Å². The van der Waals surface area contributed by atoms with E-state index in [4.69, 9.17) is 0 Å². The summed E-state index contributed by atoms with van der Waals surface area (Å²) in [5, 5.41) is 16.3. The maximum absolute atomic E-state index is 13.1. The highest BCUT2D eigenvalue weighted by molar-refractivity contribution is 7.18. The predicted molar refractivity (Wildman–Crippen MR) is 125 cm³/mol. The van der Waals surface area contributed by atoms with Crippen LogP contribution in [0.3, 0.4) is 0 Å². The lowest BCUT2D eigenvalue weighted by atomic mass is 9.97. The van der Waals surface area contributed by atoms with Gasteiger partial charge in [-0.25, -0.2) is 4.98 Å². The maximum atomic E-state index is 13.1. The molecule has 1 aliphatic rings. The van der Waals surface area contributed by atoms with E-state index < -0.39 is 4.92 Å². The van der Waals surface area contributed by atoms with Crippen LogP contribution in [0.4, 0.5) is 5.69 Å². The quantitative estimate of drug-likeness (QED) is 0.261. The van der Waals surface area contributed by atoms with Gasteiger partial charge in [0.25, 0.3) is 11.2 Å². The molecule has 0 saturated heterocycles. The van der Waals surface area contributed by atoms with Crippen LogP contribution in [0, 0.1) is 24.0 Å². The van der Waals surface area contributed by atoms with Gasteiger partial charge in [0.15, 0.2) is 0 Å². The molecule has 1 aromatic carbocycles. The number of benzene rings is 1. The zero-order chi connectivity index (χ0) is 22.4. The van der Waals surface area contributed by atoms with E-state index in [0.29, 0.717) is 11.1 Å². The number of hydrogen-bond acceptors (Lipinski definition) is 6. The minimum Gasteiger partial charge on any atom is -0.318 e. The normalized spacial score (nSPS) is 13.7. The molecule has 5 rings (SSSR count). The second kappa shape index (κ2) is 7.83. The average molecular weight is 448 g/mol. The summed E-state index contributed by atoms with van der Waals surface area (Å²) in [6.07, 6.45) is 7.31. The molecule has 1 aliphatic carbocycles. The number of aromatic nitrogens is 3. The third-order valence-corrected chi connectivity index (χ3v) is 7.15. The molecule has 0 unspecified atom stereocenters. The van der Waals surface area contributed by atoms with Crippen LogP contribution in [0.25, 0.3) is 15.9 Å². The summed E-state index contributed by atoms with van der Waals surface area (Å²) < 4.78 is 3.23. The van der Waals surface area contributed by atoms with Crippen LogP contribution in [-0.4, -0.2) is 25.4 Å². The standard InChI is InChI=1S/C23H21N5O3S/c1-14-10-16(15(2)27(14)17-6-5-7-18(11-17)28(30)31)12-25-26-13-24-22-21(23(26)29)19-8-3-4-9-20(19)32-22/h5-7,10-13H,3-4,8-9H2,1-2H3/b25-12+. The van der Waals surface area contributed by atoms with Gasteiger partial charge in [0.1, 0.15) is 11.2 Å². The summed E-state index contributed by atoms with van der Waals surface area (Å²) in [5.74, 6) is 0. The van der Waals surface area contributed by atoms with Gasteiger partial charge in [-0.1, -0.05) is 6.07 Å². The lowest BCUT2D eigenvalue weighted by Gasteiger charge is -2.09. The lowest BCUT2D eigenvalue weighted by molar-refractivity contribution is -0.384. The fourth-order valence-corrected chi connectivity index (χ4v) is 5.62. The molecular weight excluding hydrogens is 426 g/mol. The zero-order valence-corrected chi connectivity index (χ0v) is 18.6. The number of fused-ring (bicyclic) bond motifs is 3. The fourth-order valence-electron chi connectivity index (χ4n) is 4.41. The summed E-state index contributed by atoms with van der Waals surface area (Å²) in [4.78, 5) is 30.4. The van der Waals surface area contributed by atoms with Crippen LogP contribution in [0.2, 0.25) is 0 Å². The molecule has 0 spiro atoms. The van der Waals surface area contributed by atoms with Crippen LogP contribution >= 0.6 is 11.3 Å². The molecule has 4 aromatic rings. The van der Waals surface area contributed by atoms with E-state index in [-0.39, 0.29) is 11.2 Å². The van der Waals surface area contributed by atoms with Gasteiger partial charge in [-0.2, -0.15) is 9.78 Å². The minimum atomic E-state index is -0.404. The summed E-state index contributed by atoms with van der Waals surface area (Å²) >= 11 is 1.62. The summed E-state index contributed by atoms with van der Waals surface area (Å²) in [6, 6.07) is 8.46. The molecule has 0 aliphatic heterocycles. The van der Waals surface area contributed by atoms with Crippen LogP contribution in [-0.2, 0) is 12.8 Å². The Hall–Kier alpha value is -3.59. The minimum absolute atomic E-state index is 0.0373. The molecule has 3 aromatic heterocycles. The largest absolute Gasteiger partial charge is 0.318 e. The van der Waals surface area contributed by atoms with Crippen molar-refractivity contribution in [1.82, 2.24) is 14.2 Å². The molecule has 162 valence electrons. The number of aryl methyl sites for hydroxylation is 3. The SMILES string of the molecule is Cc1cc(/C=N/n2cnc3sc4c(c3c2=O)CCCC4)c(C)n1-c1cccc([N+](=O)[O-])c1. The predicted octanol–water partition coefficient (Wildman–Crippen LogP) is 4.53. The van der Waals surface area contributed by atoms with E-state index in [2.05, 4.69) is 10.1 Å². The van der Waals surface area contributed by atoms with E-state index in [1.807, 2.05) is 30.5 Å². The zero-order valence-electron chi connectivity index (χ0n) is 17.7. The molecule has 0 amide bonds. The average Bonchev–Trinajstić information content (AvgIpc) is 3.30. The number of nitro groups is 1. The first kappa shape index (κ1) is 20.3. The Morgan fingerprint density at radius 1 is 1.22 bits per heavy atom. The monoisotopic (exact) mass is 447 g/mol. The molecule has 0 fully saturated rings. The number of nitro benzene ring substituents is 1. The highest BCUT2D eigenvalue weighted by Crippen LogP contribution is 2.33. The molecule has 0 N–H and O–H groups in total. The van der Waals surface area contributed by atoms with Gasteiger partial charge < -0.3 is 4.57 Å². The topological polar surface area (TPSA) is 95.3 Å². The van der Waals surface area contributed by atoms with Crippen LogP contribution < -0.4 is 5.56 Å². The maximum Gasteiger partial charge on any atom is 0.282 e. The number of nitrogens with zero attached hydrogens (tertiary/aromatic N) is 5. The first-order valence-corrected chi connectivity index (χ1v) is 11.3. The van der Waals surface area contributed by atoms with Crippen molar-refractivity contribution in [1.29, 1.82) is 0 Å². The van der Waals surface area contributed by atoms with Crippen LogP contribution in [0.15, 0.2) is 46.6 Å². The van der Waals surface area contributed by atoms with Crippen molar-refractivity contribution >= 4 is 33.5 Å². The van der Waals surface area contributed by atoms with Crippen molar-refractivity contribution in [2.75, 3.05) is 0 Å². The van der Waals surface area contributed by atoms with Gasteiger partial charge >= 0.3 is 0 Å². The summed E-state index contributed by atoms with van der Waals surface area (Å²) in [5.41, 5.74) is 4.36. The van der Waals surface area contributed by atoms with Crippen molar-refractivity contribution < 1.29 is 4.92 Å². The molecule has 0 saturated carbocycles. The van der Waals surface area contributed by atoms with Crippen molar-refractivity contribution in [2.24, 2.45) is 5.10 Å². The number of hydrogen-bond donors (Lipinski definition) is 0. The number of rotatable bonds is 4. The van der Waals surface area contributed by atoms with Crippen molar-refractivity contribution in [2.45, 2.75) is 39.5 Å². The highest BCUT2D eigenvalue weighted by atomic mass is 32.1. The molecule has 32 heavy (non-hydrogen) atoms. The Morgan fingerprint density at radius 2 is 2.03 bits per heavy atom. The Kier molecular flexibility index (Phi) is 4.97. The fraction of sp³-hybridized carbons (Fsp3) is 0.261. The second-order valence-corrected chi connectivity index (χ2v) is 9.05. The van der Waals surface area contributed by atoms with Crippen LogP contribution in [0.5, 0.6) is 0 Å².